The van der Waals surface area contributed by atoms with E-state index >= 15 is 0 Å². The maximum atomic E-state index is 12.0. The molecule has 2 N–H and O–H groups in total. The average Bonchev–Trinajstić information content (AvgIpc) is 2.60. The molecule has 2 rings (SSSR count). The van der Waals surface area contributed by atoms with Gasteiger partial charge in [-0.2, -0.15) is 11.8 Å². The first-order chi connectivity index (χ1) is 11.1. The summed E-state index contributed by atoms with van der Waals surface area (Å²) in [5, 5.41) is 0. The molecule has 0 aliphatic rings. The highest BCUT2D eigenvalue weighted by Gasteiger charge is 2.09. The van der Waals surface area contributed by atoms with Crippen LogP contribution in [0.25, 0.3) is 0 Å². The Hall–Kier alpha value is -2.47. The number of ether oxygens (including phenoxy) is 1. The van der Waals surface area contributed by atoms with Gasteiger partial charge in [-0.15, -0.1) is 0 Å². The van der Waals surface area contributed by atoms with Gasteiger partial charge in [0, 0.05) is 16.9 Å². The van der Waals surface area contributed by atoms with E-state index in [2.05, 4.69) is 10.9 Å². The summed E-state index contributed by atoms with van der Waals surface area (Å²) in [7, 11) is 1.56. The van der Waals surface area contributed by atoms with E-state index in [4.69, 9.17) is 4.74 Å². The predicted molar refractivity (Wildman–Crippen MR) is 91.6 cm³/mol. The van der Waals surface area contributed by atoms with Gasteiger partial charge in [-0.25, -0.2) is 0 Å². The van der Waals surface area contributed by atoms with E-state index in [1.54, 1.807) is 55.3 Å². The van der Waals surface area contributed by atoms with Gasteiger partial charge in [0.2, 0.25) is 0 Å². The molecular formula is C17H18N2O3S. The maximum Gasteiger partial charge on any atom is 0.269 e. The normalized spacial score (nSPS) is 10.0. The molecule has 2 aromatic carbocycles. The summed E-state index contributed by atoms with van der Waals surface area (Å²) in [6.45, 7) is 0. The molecule has 0 aliphatic heterocycles. The Balaban J connectivity index is 1.91. The smallest absolute Gasteiger partial charge is 0.269 e. The van der Waals surface area contributed by atoms with Gasteiger partial charge < -0.3 is 4.74 Å². The topological polar surface area (TPSA) is 67.4 Å². The van der Waals surface area contributed by atoms with E-state index in [1.165, 1.54) is 0 Å². The minimum absolute atomic E-state index is 0.359. The van der Waals surface area contributed by atoms with Crippen LogP contribution in [0, 0.1) is 0 Å². The fraction of sp³-hybridized carbons (Fsp3) is 0.176. The molecule has 120 valence electrons. The van der Waals surface area contributed by atoms with Crippen LogP contribution in [0.1, 0.15) is 26.3 Å². The Morgan fingerprint density at radius 1 is 0.913 bits per heavy atom. The lowest BCUT2D eigenvalue weighted by Gasteiger charge is -2.08. The summed E-state index contributed by atoms with van der Waals surface area (Å²) in [4.78, 5) is 23.9. The molecule has 23 heavy (non-hydrogen) atoms. The zero-order valence-electron chi connectivity index (χ0n) is 13.0. The number of amides is 2. The maximum absolute atomic E-state index is 12.0. The number of hydrogen-bond donors (Lipinski definition) is 2. The molecule has 0 fully saturated rings. The number of nitrogens with one attached hydrogen (secondary N) is 2. The fourth-order valence-electron chi connectivity index (χ4n) is 1.92. The van der Waals surface area contributed by atoms with Crippen LogP contribution in [-0.2, 0) is 5.75 Å². The van der Waals surface area contributed by atoms with Crippen molar-refractivity contribution in [3.05, 3.63) is 65.2 Å². The number of carbonyl (C=O) groups is 2. The van der Waals surface area contributed by atoms with Crippen LogP contribution in [0.3, 0.4) is 0 Å². The first kappa shape index (κ1) is 16.9. The van der Waals surface area contributed by atoms with E-state index < -0.39 is 0 Å². The van der Waals surface area contributed by atoms with E-state index in [0.29, 0.717) is 16.9 Å². The van der Waals surface area contributed by atoms with Gasteiger partial charge in [-0.05, 0) is 48.2 Å². The average molecular weight is 330 g/mol. The lowest BCUT2D eigenvalue weighted by Crippen LogP contribution is -2.41. The summed E-state index contributed by atoms with van der Waals surface area (Å²) in [5.74, 6) is 0.814. The third kappa shape index (κ3) is 4.75. The SMILES string of the molecule is COc1ccc(C(=O)NNC(=O)c2ccc(CSC)cc2)cc1. The van der Waals surface area contributed by atoms with Crippen LogP contribution >= 0.6 is 11.8 Å². The van der Waals surface area contributed by atoms with Gasteiger partial charge in [-0.3, -0.25) is 20.4 Å². The lowest BCUT2D eigenvalue weighted by molar-refractivity contribution is 0.0846. The molecule has 0 heterocycles. The second kappa shape index (κ2) is 8.24. The number of methoxy groups -OCH3 is 1. The van der Waals surface area contributed by atoms with Crippen molar-refractivity contribution in [2.45, 2.75) is 5.75 Å². The van der Waals surface area contributed by atoms with Crippen LogP contribution in [-0.4, -0.2) is 25.2 Å². The second-order valence-corrected chi connectivity index (χ2v) is 5.63. The number of rotatable bonds is 5. The zero-order valence-corrected chi connectivity index (χ0v) is 13.8. The highest BCUT2D eigenvalue weighted by molar-refractivity contribution is 7.97. The van der Waals surface area contributed by atoms with Crippen LogP contribution in [0.4, 0.5) is 0 Å². The van der Waals surface area contributed by atoms with Crippen molar-refractivity contribution in [3.8, 4) is 5.75 Å². The molecule has 0 bridgehead atoms. The fourth-order valence-corrected chi connectivity index (χ4v) is 2.45. The summed E-state index contributed by atoms with van der Waals surface area (Å²) in [6.07, 6.45) is 2.02. The van der Waals surface area contributed by atoms with Crippen LogP contribution < -0.4 is 15.6 Å². The Bertz CT molecular complexity index is 669. The first-order valence-corrected chi connectivity index (χ1v) is 8.36. The molecule has 0 atom stereocenters. The van der Waals surface area contributed by atoms with Gasteiger partial charge in [0.05, 0.1) is 7.11 Å². The molecule has 0 spiro atoms. The van der Waals surface area contributed by atoms with Crippen molar-refractivity contribution in [1.29, 1.82) is 0 Å². The number of carbonyl (C=O) groups excluding carboxylic acids is 2. The van der Waals surface area contributed by atoms with Gasteiger partial charge >= 0.3 is 0 Å². The molecule has 0 radical (unpaired) electrons. The Morgan fingerprint density at radius 3 is 1.83 bits per heavy atom. The van der Waals surface area contributed by atoms with E-state index in [1.807, 2.05) is 18.4 Å². The Kier molecular flexibility index (Phi) is 6.05. The van der Waals surface area contributed by atoms with Crippen molar-refractivity contribution in [1.82, 2.24) is 10.9 Å². The van der Waals surface area contributed by atoms with Crippen molar-refractivity contribution in [3.63, 3.8) is 0 Å². The highest BCUT2D eigenvalue weighted by Crippen LogP contribution is 2.11. The standard InChI is InChI=1S/C17H18N2O3S/c1-22-15-9-7-14(8-10-15)17(21)19-18-16(20)13-5-3-12(4-6-13)11-23-2/h3-10H,11H2,1-2H3,(H,18,20)(H,19,21). The Labute approximate surface area is 139 Å². The van der Waals surface area contributed by atoms with Gasteiger partial charge in [0.1, 0.15) is 5.75 Å². The van der Waals surface area contributed by atoms with Crippen molar-refractivity contribution in [2.75, 3.05) is 13.4 Å². The zero-order chi connectivity index (χ0) is 16.7. The van der Waals surface area contributed by atoms with Crippen LogP contribution in [0.5, 0.6) is 5.75 Å². The second-order valence-electron chi connectivity index (χ2n) is 4.77. The molecule has 0 unspecified atom stereocenters. The predicted octanol–water partition coefficient (Wildman–Crippen LogP) is 2.63. The molecule has 5 nitrogen and oxygen atoms in total. The monoisotopic (exact) mass is 330 g/mol. The minimum Gasteiger partial charge on any atom is -0.497 e. The number of thioether (sulfide) groups is 1. The summed E-state index contributed by atoms with van der Waals surface area (Å²) < 4.78 is 5.03. The van der Waals surface area contributed by atoms with E-state index in [0.717, 1.165) is 11.3 Å². The molecule has 6 heteroatoms. The third-order valence-electron chi connectivity index (χ3n) is 3.17. The molecule has 2 aromatic rings. The first-order valence-electron chi connectivity index (χ1n) is 6.96. The molecular weight excluding hydrogens is 312 g/mol. The lowest BCUT2D eigenvalue weighted by atomic mass is 10.1. The van der Waals surface area contributed by atoms with Crippen molar-refractivity contribution < 1.29 is 14.3 Å². The molecule has 2 amide bonds. The number of benzene rings is 2. The van der Waals surface area contributed by atoms with Crippen molar-refractivity contribution >= 4 is 23.6 Å². The van der Waals surface area contributed by atoms with Crippen LogP contribution in [0.15, 0.2) is 48.5 Å². The molecule has 0 aromatic heterocycles. The summed E-state index contributed by atoms with van der Waals surface area (Å²) in [5.41, 5.74) is 6.87. The van der Waals surface area contributed by atoms with Gasteiger partial charge in [0.15, 0.2) is 0 Å². The molecule has 0 aliphatic carbocycles. The summed E-state index contributed by atoms with van der Waals surface area (Å²) in [6, 6.07) is 13.9. The van der Waals surface area contributed by atoms with E-state index in [-0.39, 0.29) is 11.8 Å². The molecule has 0 saturated heterocycles. The van der Waals surface area contributed by atoms with Crippen molar-refractivity contribution in [2.24, 2.45) is 0 Å². The minimum atomic E-state index is -0.389. The van der Waals surface area contributed by atoms with Gasteiger partial charge in [0.25, 0.3) is 11.8 Å². The van der Waals surface area contributed by atoms with E-state index in [9.17, 15) is 9.59 Å². The largest absolute Gasteiger partial charge is 0.497 e. The third-order valence-corrected chi connectivity index (χ3v) is 3.79. The summed E-state index contributed by atoms with van der Waals surface area (Å²) >= 11 is 1.72. The van der Waals surface area contributed by atoms with Gasteiger partial charge in [-0.1, -0.05) is 12.1 Å². The Morgan fingerprint density at radius 2 is 1.39 bits per heavy atom. The molecule has 0 saturated carbocycles. The number of hydrogen-bond acceptors (Lipinski definition) is 4. The van der Waals surface area contributed by atoms with Crippen LogP contribution in [0.2, 0.25) is 0 Å². The number of hydrazine groups is 1. The quantitative estimate of drug-likeness (QED) is 0.827. The highest BCUT2D eigenvalue weighted by atomic mass is 32.2.